The van der Waals surface area contributed by atoms with E-state index < -0.39 is 36.0 Å². The van der Waals surface area contributed by atoms with E-state index in [-0.39, 0.29) is 62.8 Å². The Morgan fingerprint density at radius 2 is 1.55 bits per heavy atom. The zero-order valence-electron chi connectivity index (χ0n) is 23.2. The molecule has 3 amide bonds. The van der Waals surface area contributed by atoms with Crippen LogP contribution < -0.4 is 5.32 Å². The van der Waals surface area contributed by atoms with Crippen LogP contribution >= 0.6 is 0 Å². The number of aliphatic hydroxyl groups excluding tert-OH is 1. The first-order valence-electron chi connectivity index (χ1n) is 13.7. The van der Waals surface area contributed by atoms with Crippen LogP contribution in [0.4, 0.5) is 4.79 Å². The summed E-state index contributed by atoms with van der Waals surface area (Å²) in [6.07, 6.45) is -2.11. The van der Waals surface area contributed by atoms with E-state index in [1.807, 2.05) is 12.1 Å². The van der Waals surface area contributed by atoms with Gasteiger partial charge in [-0.1, -0.05) is 60.7 Å². The zero-order chi connectivity index (χ0) is 30.1. The van der Waals surface area contributed by atoms with Gasteiger partial charge < -0.3 is 30.1 Å². The Morgan fingerprint density at radius 3 is 2.17 bits per heavy atom. The number of amides is 3. The van der Waals surface area contributed by atoms with Crippen LogP contribution in [-0.4, -0.2) is 92.7 Å². The van der Waals surface area contributed by atoms with Crippen molar-refractivity contribution >= 4 is 23.9 Å². The van der Waals surface area contributed by atoms with Gasteiger partial charge in [0, 0.05) is 38.2 Å². The summed E-state index contributed by atoms with van der Waals surface area (Å²) >= 11 is 0. The van der Waals surface area contributed by atoms with Crippen molar-refractivity contribution in [1.29, 1.82) is 0 Å². The average molecular weight is 576 g/mol. The zero-order valence-corrected chi connectivity index (χ0v) is 23.2. The Hall–Kier alpha value is -4.84. The molecular formula is C30H33N5O7. The molecule has 2 atom stereocenters. The normalized spacial score (nSPS) is 14.5. The van der Waals surface area contributed by atoms with Crippen LogP contribution in [0.15, 0.2) is 66.7 Å². The predicted octanol–water partition coefficient (Wildman–Crippen LogP) is 2.49. The van der Waals surface area contributed by atoms with Crippen molar-refractivity contribution in [3.63, 3.8) is 0 Å². The maximum absolute atomic E-state index is 13.5. The van der Waals surface area contributed by atoms with E-state index in [1.165, 1.54) is 15.9 Å². The summed E-state index contributed by atoms with van der Waals surface area (Å²) < 4.78 is 5.02. The second-order valence-corrected chi connectivity index (χ2v) is 9.65. The number of aliphatic carboxylic acids is 1. The van der Waals surface area contributed by atoms with Gasteiger partial charge in [-0.15, -0.1) is 0 Å². The Bertz CT molecular complexity index is 1400. The van der Waals surface area contributed by atoms with E-state index in [2.05, 4.69) is 15.3 Å². The molecule has 2 heterocycles. The van der Waals surface area contributed by atoms with Gasteiger partial charge in [0.15, 0.2) is 5.82 Å². The van der Waals surface area contributed by atoms with Crippen molar-refractivity contribution in [2.45, 2.75) is 31.9 Å². The molecule has 4 rings (SSSR count). The topological polar surface area (TPSA) is 162 Å². The van der Waals surface area contributed by atoms with Crippen LogP contribution in [0.3, 0.4) is 0 Å². The van der Waals surface area contributed by atoms with E-state index in [9.17, 15) is 29.4 Å². The first-order valence-corrected chi connectivity index (χ1v) is 13.7. The van der Waals surface area contributed by atoms with Gasteiger partial charge in [0.25, 0.3) is 5.91 Å². The molecule has 42 heavy (non-hydrogen) atoms. The molecule has 0 spiro atoms. The van der Waals surface area contributed by atoms with Crippen molar-refractivity contribution in [2.75, 3.05) is 32.8 Å². The number of aromatic nitrogens is 2. The average Bonchev–Trinajstić information content (AvgIpc) is 3.03. The largest absolute Gasteiger partial charge is 0.481 e. The minimum absolute atomic E-state index is 0.0888. The fourth-order valence-corrected chi connectivity index (χ4v) is 4.55. The van der Waals surface area contributed by atoms with Crippen LogP contribution in [-0.2, 0) is 14.3 Å². The van der Waals surface area contributed by atoms with Gasteiger partial charge in [0.1, 0.15) is 17.8 Å². The van der Waals surface area contributed by atoms with Crippen LogP contribution in [0.1, 0.15) is 47.6 Å². The SMILES string of the molecule is CCOC(=O)N1CCN(C(=O)C(CCC(=O)O)NC(=O)c2cc([C@@H](O)c3ccccc3)nc(-c3ccccc3)n2)CC1. The number of carboxylic acids is 1. The number of nitrogens with zero attached hydrogens (tertiary/aromatic N) is 4. The molecule has 1 unspecified atom stereocenters. The van der Waals surface area contributed by atoms with Gasteiger partial charge in [0.2, 0.25) is 5.91 Å². The molecule has 1 fully saturated rings. The molecule has 1 aromatic heterocycles. The molecule has 0 radical (unpaired) electrons. The van der Waals surface area contributed by atoms with Gasteiger partial charge >= 0.3 is 12.1 Å². The minimum Gasteiger partial charge on any atom is -0.481 e. The molecule has 3 N–H and O–H groups in total. The highest BCUT2D eigenvalue weighted by Gasteiger charge is 2.31. The Balaban J connectivity index is 1.58. The molecule has 2 aromatic carbocycles. The lowest BCUT2D eigenvalue weighted by Gasteiger charge is -2.35. The summed E-state index contributed by atoms with van der Waals surface area (Å²) in [5, 5.41) is 23.0. The molecule has 1 saturated heterocycles. The van der Waals surface area contributed by atoms with Gasteiger partial charge in [-0.2, -0.15) is 0 Å². The molecule has 1 aliphatic heterocycles. The standard InChI is InChI=1S/C30H33N5O7/c1-2-42-30(41)35-17-15-34(16-18-35)29(40)22(13-14-25(36)37)33-28(39)24-19-23(26(38)20-9-5-3-6-10-20)31-27(32-24)21-11-7-4-8-12-21/h3-12,19,22,26,38H,2,13-18H2,1H3,(H,33,39)(H,36,37)/t22?,26-/m0/s1. The second-order valence-electron chi connectivity index (χ2n) is 9.65. The summed E-state index contributed by atoms with van der Waals surface area (Å²) in [6.45, 7) is 2.85. The lowest BCUT2D eigenvalue weighted by Crippen LogP contribution is -2.56. The summed E-state index contributed by atoms with van der Waals surface area (Å²) in [6, 6.07) is 18.0. The number of carboxylic acid groups (broad SMARTS) is 1. The third kappa shape index (κ3) is 7.67. The molecule has 3 aromatic rings. The molecular weight excluding hydrogens is 542 g/mol. The van der Waals surface area contributed by atoms with Gasteiger partial charge in [-0.25, -0.2) is 14.8 Å². The van der Waals surface area contributed by atoms with E-state index in [0.29, 0.717) is 11.1 Å². The Labute approximate surface area is 243 Å². The molecule has 0 bridgehead atoms. The van der Waals surface area contributed by atoms with Crippen LogP contribution in [0.5, 0.6) is 0 Å². The molecule has 220 valence electrons. The third-order valence-corrected chi connectivity index (χ3v) is 6.77. The summed E-state index contributed by atoms with van der Waals surface area (Å²) in [5.74, 6) is -2.09. The number of benzene rings is 2. The van der Waals surface area contributed by atoms with E-state index in [0.717, 1.165) is 0 Å². The summed E-state index contributed by atoms with van der Waals surface area (Å²) in [5.41, 5.74) is 1.28. The van der Waals surface area contributed by atoms with Crippen molar-refractivity contribution in [2.24, 2.45) is 0 Å². The van der Waals surface area contributed by atoms with Gasteiger partial charge in [0.05, 0.1) is 12.3 Å². The van der Waals surface area contributed by atoms with Crippen LogP contribution in [0.25, 0.3) is 11.4 Å². The Kier molecular flexibility index (Phi) is 10.2. The minimum atomic E-state index is -1.15. The van der Waals surface area contributed by atoms with Crippen LogP contribution in [0.2, 0.25) is 0 Å². The number of piperazine rings is 1. The lowest BCUT2D eigenvalue weighted by atomic mass is 10.0. The monoisotopic (exact) mass is 575 g/mol. The number of carbonyl (C=O) groups excluding carboxylic acids is 3. The molecule has 1 aliphatic rings. The first kappa shape index (κ1) is 30.1. The van der Waals surface area contributed by atoms with Gasteiger partial charge in [-0.05, 0) is 25.0 Å². The maximum Gasteiger partial charge on any atom is 0.409 e. The van der Waals surface area contributed by atoms with E-state index in [4.69, 9.17) is 4.74 Å². The number of aliphatic hydroxyl groups is 1. The first-order chi connectivity index (χ1) is 20.3. The lowest BCUT2D eigenvalue weighted by molar-refractivity contribution is -0.138. The second kappa shape index (κ2) is 14.2. The van der Waals surface area contributed by atoms with E-state index >= 15 is 0 Å². The summed E-state index contributed by atoms with van der Waals surface area (Å²) in [4.78, 5) is 62.2. The van der Waals surface area contributed by atoms with Crippen molar-refractivity contribution < 1.29 is 34.1 Å². The molecule has 12 nitrogen and oxygen atoms in total. The van der Waals surface area contributed by atoms with Crippen molar-refractivity contribution in [3.05, 3.63) is 83.7 Å². The van der Waals surface area contributed by atoms with Crippen molar-refractivity contribution in [3.8, 4) is 11.4 Å². The molecule has 0 aliphatic carbocycles. The number of rotatable bonds is 10. The highest BCUT2D eigenvalue weighted by molar-refractivity contribution is 5.96. The smallest absolute Gasteiger partial charge is 0.409 e. The van der Waals surface area contributed by atoms with Crippen LogP contribution in [0, 0.1) is 0 Å². The highest BCUT2D eigenvalue weighted by atomic mass is 16.6. The summed E-state index contributed by atoms with van der Waals surface area (Å²) in [7, 11) is 0. The number of hydrogen-bond acceptors (Lipinski definition) is 8. The quantitative estimate of drug-likeness (QED) is 0.330. The van der Waals surface area contributed by atoms with E-state index in [1.54, 1.807) is 55.5 Å². The van der Waals surface area contributed by atoms with Gasteiger partial charge in [-0.3, -0.25) is 14.4 Å². The number of hydrogen-bond donors (Lipinski definition) is 3. The third-order valence-electron chi connectivity index (χ3n) is 6.77. The Morgan fingerprint density at radius 1 is 0.929 bits per heavy atom. The number of nitrogens with one attached hydrogen (secondary N) is 1. The maximum atomic E-state index is 13.5. The highest BCUT2D eigenvalue weighted by Crippen LogP contribution is 2.24. The fraction of sp³-hybridized carbons (Fsp3) is 0.333. The number of carbonyl (C=O) groups is 4. The van der Waals surface area contributed by atoms with Crippen molar-refractivity contribution in [1.82, 2.24) is 25.1 Å². The predicted molar refractivity (Wildman–Crippen MR) is 151 cm³/mol. The fourth-order valence-electron chi connectivity index (χ4n) is 4.55. The molecule has 0 saturated carbocycles. The molecule has 12 heteroatoms. The number of ether oxygens (including phenoxy) is 1.